The molecule has 0 unspecified atom stereocenters. The first-order valence-corrected chi connectivity index (χ1v) is 14.5. The lowest BCUT2D eigenvalue weighted by atomic mass is 9.45. The van der Waals surface area contributed by atoms with Crippen molar-refractivity contribution in [1.82, 2.24) is 0 Å². The van der Waals surface area contributed by atoms with Crippen LogP contribution in [-0.2, 0) is 28.6 Å². The molecule has 0 aliphatic heterocycles. The summed E-state index contributed by atoms with van der Waals surface area (Å²) in [7, 11) is 0. The summed E-state index contributed by atoms with van der Waals surface area (Å²) >= 11 is 0. The maximum atomic E-state index is 13.9. The maximum absolute atomic E-state index is 13.9. The van der Waals surface area contributed by atoms with Gasteiger partial charge in [-0.3, -0.25) is 14.4 Å². The van der Waals surface area contributed by atoms with Crippen molar-refractivity contribution >= 4 is 23.7 Å². The number of allylic oxidation sites excluding steroid dienone is 1. The summed E-state index contributed by atoms with van der Waals surface area (Å²) in [6.07, 6.45) is 6.57. The smallest absolute Gasteiger partial charge is 0.457 e. The van der Waals surface area contributed by atoms with Crippen LogP contribution in [-0.4, -0.2) is 53.7 Å². The lowest BCUT2D eigenvalue weighted by Gasteiger charge is -2.60. The Morgan fingerprint density at radius 2 is 1.82 bits per heavy atom. The van der Waals surface area contributed by atoms with Gasteiger partial charge in [0.15, 0.2) is 18.0 Å². The molecule has 0 saturated heterocycles. The van der Waals surface area contributed by atoms with E-state index in [1.54, 1.807) is 6.08 Å². The van der Waals surface area contributed by atoms with Crippen molar-refractivity contribution in [3.63, 3.8) is 0 Å². The average Bonchev–Trinajstić information content (AvgIpc) is 3.15. The first kappa shape index (κ1) is 28.8. The predicted octanol–water partition coefficient (Wildman–Crippen LogP) is 5.09. The molecule has 3 saturated carbocycles. The van der Waals surface area contributed by atoms with E-state index in [2.05, 4.69) is 6.92 Å². The highest BCUT2D eigenvalue weighted by Gasteiger charge is 2.70. The van der Waals surface area contributed by atoms with E-state index in [0.29, 0.717) is 32.1 Å². The average molecular weight is 533 g/mol. The molecule has 0 aromatic rings. The second-order valence-electron chi connectivity index (χ2n) is 12.3. The zero-order valence-electron chi connectivity index (χ0n) is 23.4. The third-order valence-corrected chi connectivity index (χ3v) is 10.3. The molecule has 8 heteroatoms. The first-order valence-electron chi connectivity index (χ1n) is 14.5. The largest absolute Gasteiger partial charge is 0.509 e. The Hall–Kier alpha value is -2.22. The molecule has 4 aliphatic carbocycles. The van der Waals surface area contributed by atoms with Gasteiger partial charge < -0.3 is 19.3 Å². The minimum atomic E-state index is -1.54. The van der Waals surface area contributed by atoms with Crippen LogP contribution in [0.25, 0.3) is 0 Å². The number of carbonyl (C=O) groups is 4. The van der Waals surface area contributed by atoms with Crippen molar-refractivity contribution in [3.05, 3.63) is 11.6 Å². The molecule has 0 spiro atoms. The highest BCUT2D eigenvalue weighted by Crippen LogP contribution is 2.68. The molecule has 1 N–H and O–H groups in total. The summed E-state index contributed by atoms with van der Waals surface area (Å²) < 4.78 is 16.6. The molecule has 4 aliphatic rings. The number of aliphatic hydroxyl groups excluding tert-OH is 1. The fourth-order valence-electron chi connectivity index (χ4n) is 8.37. The van der Waals surface area contributed by atoms with Gasteiger partial charge in [-0.1, -0.05) is 39.7 Å². The van der Waals surface area contributed by atoms with E-state index in [-0.39, 0.29) is 48.4 Å². The summed E-state index contributed by atoms with van der Waals surface area (Å²) in [6.45, 7) is 7.70. The van der Waals surface area contributed by atoms with Gasteiger partial charge >= 0.3 is 12.1 Å². The SMILES string of the molecule is CCCCOC(=O)O[C@]1(C(=O)COC(=O)CCC)CC[C@H]2[C@@H]3CCC4=CC(=O)CC[C@]4(C)[C@H]3[C@@H](O)C[C@@]21C. The van der Waals surface area contributed by atoms with Crippen LogP contribution < -0.4 is 0 Å². The molecule has 3 fully saturated rings. The Balaban J connectivity index is 1.65. The zero-order chi connectivity index (χ0) is 27.7. The van der Waals surface area contributed by atoms with Crippen LogP contribution >= 0.6 is 0 Å². The van der Waals surface area contributed by atoms with Gasteiger partial charge in [-0.05, 0) is 80.6 Å². The van der Waals surface area contributed by atoms with Gasteiger partial charge in [-0.15, -0.1) is 0 Å². The molecule has 7 atom stereocenters. The Bertz CT molecular complexity index is 987. The van der Waals surface area contributed by atoms with E-state index in [0.717, 1.165) is 31.3 Å². The van der Waals surface area contributed by atoms with Gasteiger partial charge in [-0.25, -0.2) is 4.79 Å². The lowest BCUT2D eigenvalue weighted by molar-refractivity contribution is -0.189. The topological polar surface area (TPSA) is 116 Å². The molecular weight excluding hydrogens is 488 g/mol. The van der Waals surface area contributed by atoms with Gasteiger partial charge in [0, 0.05) is 18.3 Å². The third kappa shape index (κ3) is 4.82. The van der Waals surface area contributed by atoms with E-state index in [9.17, 15) is 24.3 Å². The van der Waals surface area contributed by atoms with Crippen molar-refractivity contribution in [3.8, 4) is 0 Å². The summed E-state index contributed by atoms with van der Waals surface area (Å²) in [5, 5.41) is 11.7. The number of fused-ring (bicyclic) bond motifs is 5. The van der Waals surface area contributed by atoms with E-state index in [1.807, 2.05) is 20.8 Å². The number of unbranched alkanes of at least 4 members (excludes halogenated alkanes) is 1. The normalized spacial score (nSPS) is 37.8. The van der Waals surface area contributed by atoms with Crippen LogP contribution in [0.1, 0.15) is 98.3 Å². The quantitative estimate of drug-likeness (QED) is 0.322. The van der Waals surface area contributed by atoms with E-state index in [1.165, 1.54) is 0 Å². The second-order valence-corrected chi connectivity index (χ2v) is 12.3. The number of esters is 1. The summed E-state index contributed by atoms with van der Waals surface area (Å²) in [5.74, 6) is -0.628. The molecule has 0 heterocycles. The number of ether oxygens (including phenoxy) is 3. The molecule has 0 radical (unpaired) electrons. The summed E-state index contributed by atoms with van der Waals surface area (Å²) in [4.78, 5) is 51.0. The highest BCUT2D eigenvalue weighted by molar-refractivity contribution is 5.93. The summed E-state index contributed by atoms with van der Waals surface area (Å²) in [6, 6.07) is 0. The Morgan fingerprint density at radius 3 is 2.53 bits per heavy atom. The standard InChI is InChI=1S/C30H44O8/c1-5-7-15-36-27(35)38-30(24(33)18-37-25(34)8-6-2)14-12-22-21-10-9-19-16-20(31)11-13-28(19,3)26(21)23(32)17-29(22,30)4/h16,21-23,26,32H,5-15,17-18H2,1-4H3/t21-,22-,23-,26+,28-,29-,30-/m0/s1. The number of ketones is 2. The van der Waals surface area contributed by atoms with E-state index >= 15 is 0 Å². The van der Waals surface area contributed by atoms with Crippen LogP contribution in [0.3, 0.4) is 0 Å². The number of Topliss-reactive ketones (excluding diaryl/α,β-unsaturated/α-hetero) is 1. The molecule has 212 valence electrons. The van der Waals surface area contributed by atoms with Crippen molar-refractivity contribution in [1.29, 1.82) is 0 Å². The Kier molecular flexibility index (Phi) is 8.41. The molecule has 0 bridgehead atoms. The molecule has 4 rings (SSSR count). The number of carbonyl (C=O) groups excluding carboxylic acids is 4. The van der Waals surface area contributed by atoms with Crippen LogP contribution in [0, 0.1) is 28.6 Å². The fourth-order valence-corrected chi connectivity index (χ4v) is 8.37. The lowest BCUT2D eigenvalue weighted by Crippen LogP contribution is -2.63. The molecule has 8 nitrogen and oxygen atoms in total. The predicted molar refractivity (Wildman–Crippen MR) is 139 cm³/mol. The van der Waals surface area contributed by atoms with Crippen LogP contribution in [0.15, 0.2) is 11.6 Å². The Morgan fingerprint density at radius 1 is 1.05 bits per heavy atom. The van der Waals surface area contributed by atoms with Crippen LogP contribution in [0.5, 0.6) is 0 Å². The maximum Gasteiger partial charge on any atom is 0.509 e. The van der Waals surface area contributed by atoms with Gasteiger partial charge in [0.25, 0.3) is 0 Å². The van der Waals surface area contributed by atoms with Gasteiger partial charge in [0.1, 0.15) is 0 Å². The van der Waals surface area contributed by atoms with Crippen molar-refractivity contribution < 1.29 is 38.5 Å². The number of rotatable bonds is 9. The Labute approximate surface area is 225 Å². The molecule has 38 heavy (non-hydrogen) atoms. The monoisotopic (exact) mass is 532 g/mol. The van der Waals surface area contributed by atoms with Crippen molar-refractivity contribution in [2.75, 3.05) is 13.2 Å². The van der Waals surface area contributed by atoms with Crippen LogP contribution in [0.4, 0.5) is 4.79 Å². The highest BCUT2D eigenvalue weighted by atomic mass is 16.7. The molecule has 0 aromatic carbocycles. The van der Waals surface area contributed by atoms with Gasteiger partial charge in [-0.2, -0.15) is 0 Å². The third-order valence-electron chi connectivity index (χ3n) is 10.3. The number of hydrogen-bond donors (Lipinski definition) is 1. The molecule has 0 amide bonds. The summed E-state index contributed by atoms with van der Waals surface area (Å²) in [5.41, 5.74) is -1.51. The van der Waals surface area contributed by atoms with E-state index < -0.39 is 41.6 Å². The zero-order valence-corrected chi connectivity index (χ0v) is 23.4. The number of aliphatic hydroxyl groups is 1. The van der Waals surface area contributed by atoms with Gasteiger partial charge in [0.05, 0.1) is 12.7 Å². The molecule has 0 aromatic heterocycles. The van der Waals surface area contributed by atoms with Crippen molar-refractivity contribution in [2.24, 2.45) is 28.6 Å². The molecular formula is C30H44O8. The fraction of sp³-hybridized carbons (Fsp3) is 0.800. The minimum absolute atomic E-state index is 0.0292. The second kappa shape index (κ2) is 11.1. The van der Waals surface area contributed by atoms with Crippen LogP contribution in [0.2, 0.25) is 0 Å². The minimum Gasteiger partial charge on any atom is -0.457 e. The van der Waals surface area contributed by atoms with Gasteiger partial charge in [0.2, 0.25) is 5.78 Å². The van der Waals surface area contributed by atoms with E-state index in [4.69, 9.17) is 14.2 Å². The first-order chi connectivity index (χ1) is 18.0. The number of hydrogen-bond acceptors (Lipinski definition) is 8. The van der Waals surface area contributed by atoms with Crippen molar-refractivity contribution in [2.45, 2.75) is 110 Å².